The first kappa shape index (κ1) is 21.4. The Kier molecular flexibility index (Phi) is 7.42. The number of nitrogens with zero attached hydrogens (tertiary/aromatic N) is 1. The summed E-state index contributed by atoms with van der Waals surface area (Å²) < 4.78 is 32.5. The highest BCUT2D eigenvalue weighted by Crippen LogP contribution is 2.23. The second kappa shape index (κ2) is 10.4. The van der Waals surface area contributed by atoms with Crippen molar-refractivity contribution in [3.63, 3.8) is 0 Å². The normalized spacial score (nSPS) is 11.8. The molecule has 30 heavy (non-hydrogen) atoms. The van der Waals surface area contributed by atoms with Gasteiger partial charge in [0.15, 0.2) is 5.96 Å². The molecule has 0 saturated carbocycles. The van der Waals surface area contributed by atoms with E-state index < -0.39 is 10.0 Å². The lowest BCUT2D eigenvalue weighted by Crippen LogP contribution is -2.28. The molecule has 0 heterocycles. The van der Waals surface area contributed by atoms with Gasteiger partial charge >= 0.3 is 0 Å². The minimum atomic E-state index is -3.45. The molecule has 0 aliphatic carbocycles. The number of benzene rings is 3. The Labute approximate surface area is 176 Å². The van der Waals surface area contributed by atoms with Gasteiger partial charge < -0.3 is 15.8 Å². The summed E-state index contributed by atoms with van der Waals surface area (Å²) in [5.74, 6) is 1.35. The van der Waals surface area contributed by atoms with E-state index in [2.05, 4.69) is 15.0 Å². The summed E-state index contributed by atoms with van der Waals surface area (Å²) in [5.41, 5.74) is 7.47. The fourth-order valence-corrected chi connectivity index (χ4v) is 3.46. The van der Waals surface area contributed by atoms with Crippen molar-refractivity contribution >= 4 is 21.7 Å². The molecule has 0 saturated heterocycles. The van der Waals surface area contributed by atoms with Crippen molar-refractivity contribution in [1.82, 2.24) is 4.72 Å². The number of rotatable bonds is 9. The second-order valence-electron chi connectivity index (χ2n) is 6.46. The van der Waals surface area contributed by atoms with Crippen LogP contribution in [0, 0.1) is 0 Å². The number of ether oxygens (including phenoxy) is 1. The summed E-state index contributed by atoms with van der Waals surface area (Å²) in [6.07, 6.45) is 0. The van der Waals surface area contributed by atoms with E-state index in [4.69, 9.17) is 10.5 Å². The summed E-state index contributed by atoms with van der Waals surface area (Å²) in [6, 6.07) is 26.0. The molecule has 0 fully saturated rings. The predicted octanol–water partition coefficient (Wildman–Crippen LogP) is 3.33. The van der Waals surface area contributed by atoms with E-state index >= 15 is 0 Å². The summed E-state index contributed by atoms with van der Waals surface area (Å²) in [7, 11) is -3.45. The van der Waals surface area contributed by atoms with Crippen LogP contribution in [-0.2, 0) is 16.6 Å². The molecule has 0 atom stereocenters. The van der Waals surface area contributed by atoms with E-state index in [1.807, 2.05) is 78.9 Å². The van der Waals surface area contributed by atoms with E-state index in [0.29, 0.717) is 11.4 Å². The standard InChI is InChI=1S/C22H24N4O3S/c23-22(24-14-15-30(27,28)25-17-18-8-3-1-4-9-18)26-19-10-7-13-21(16-19)29-20-11-5-2-6-12-20/h1-13,16,25H,14-15,17H2,(H3,23,24,26). The van der Waals surface area contributed by atoms with Gasteiger partial charge in [0, 0.05) is 18.3 Å². The molecule has 0 unspecified atom stereocenters. The van der Waals surface area contributed by atoms with E-state index in [1.165, 1.54) is 0 Å². The molecule has 0 bridgehead atoms. The lowest BCUT2D eigenvalue weighted by atomic mass is 10.2. The fraction of sp³-hybridized carbons (Fsp3) is 0.136. The third kappa shape index (κ3) is 7.23. The summed E-state index contributed by atoms with van der Waals surface area (Å²) in [5, 5.41) is 2.94. The van der Waals surface area contributed by atoms with Crippen LogP contribution in [0.25, 0.3) is 0 Å². The van der Waals surface area contributed by atoms with Crippen LogP contribution in [0.2, 0.25) is 0 Å². The van der Waals surface area contributed by atoms with Crippen LogP contribution < -0.4 is 20.5 Å². The monoisotopic (exact) mass is 424 g/mol. The van der Waals surface area contributed by atoms with Crippen molar-refractivity contribution in [2.24, 2.45) is 10.7 Å². The zero-order valence-electron chi connectivity index (χ0n) is 16.4. The first-order valence-electron chi connectivity index (χ1n) is 9.41. The lowest BCUT2D eigenvalue weighted by molar-refractivity contribution is 0.483. The van der Waals surface area contributed by atoms with Crippen molar-refractivity contribution in [2.75, 3.05) is 17.6 Å². The van der Waals surface area contributed by atoms with E-state index in [9.17, 15) is 8.42 Å². The van der Waals surface area contributed by atoms with Crippen molar-refractivity contribution in [1.29, 1.82) is 0 Å². The number of sulfonamides is 1. The van der Waals surface area contributed by atoms with Gasteiger partial charge in [0.1, 0.15) is 11.5 Å². The molecule has 0 amide bonds. The van der Waals surface area contributed by atoms with Gasteiger partial charge in [-0.25, -0.2) is 13.1 Å². The van der Waals surface area contributed by atoms with Crippen molar-refractivity contribution in [3.05, 3.63) is 90.5 Å². The average Bonchev–Trinajstić information content (AvgIpc) is 2.74. The second-order valence-corrected chi connectivity index (χ2v) is 8.39. The molecule has 0 aliphatic heterocycles. The first-order valence-corrected chi connectivity index (χ1v) is 11.1. The van der Waals surface area contributed by atoms with Crippen molar-refractivity contribution in [2.45, 2.75) is 6.54 Å². The number of anilines is 1. The molecule has 156 valence electrons. The van der Waals surface area contributed by atoms with Gasteiger partial charge in [-0.3, -0.25) is 4.99 Å². The number of guanidine groups is 1. The first-order chi connectivity index (χ1) is 14.5. The molecular weight excluding hydrogens is 400 g/mol. The molecule has 3 aromatic carbocycles. The lowest BCUT2D eigenvalue weighted by Gasteiger charge is -2.09. The molecule has 4 N–H and O–H groups in total. The van der Waals surface area contributed by atoms with E-state index in [-0.39, 0.29) is 24.8 Å². The van der Waals surface area contributed by atoms with Crippen LogP contribution in [0.4, 0.5) is 5.69 Å². The Morgan fingerprint density at radius 1 is 0.900 bits per heavy atom. The third-order valence-electron chi connectivity index (χ3n) is 4.07. The minimum absolute atomic E-state index is 0.0448. The molecule has 3 rings (SSSR count). The number of hydrogen-bond acceptors (Lipinski definition) is 4. The number of nitrogens with one attached hydrogen (secondary N) is 2. The Balaban J connectivity index is 1.49. The highest BCUT2D eigenvalue weighted by atomic mass is 32.2. The van der Waals surface area contributed by atoms with Crippen LogP contribution in [0.1, 0.15) is 5.56 Å². The third-order valence-corrected chi connectivity index (χ3v) is 5.37. The fourth-order valence-electron chi connectivity index (χ4n) is 2.60. The highest BCUT2D eigenvalue weighted by Gasteiger charge is 2.09. The molecule has 7 nitrogen and oxygen atoms in total. The van der Waals surface area contributed by atoms with Gasteiger partial charge in [0.05, 0.1) is 12.3 Å². The Bertz CT molecular complexity index is 1070. The zero-order chi connectivity index (χ0) is 21.2. The number of nitrogens with two attached hydrogens (primary N) is 1. The number of aliphatic imine (C=N–C) groups is 1. The van der Waals surface area contributed by atoms with E-state index in [1.54, 1.807) is 6.07 Å². The maximum Gasteiger partial charge on any atom is 0.213 e. The molecule has 0 spiro atoms. The van der Waals surface area contributed by atoms with Crippen LogP contribution in [0.15, 0.2) is 89.9 Å². The highest BCUT2D eigenvalue weighted by molar-refractivity contribution is 7.89. The Morgan fingerprint density at radius 2 is 1.57 bits per heavy atom. The Hall–Kier alpha value is -3.36. The maximum absolute atomic E-state index is 12.1. The Morgan fingerprint density at radius 3 is 2.30 bits per heavy atom. The van der Waals surface area contributed by atoms with Crippen molar-refractivity contribution in [3.8, 4) is 11.5 Å². The molecular formula is C22H24N4O3S. The molecule has 8 heteroatoms. The van der Waals surface area contributed by atoms with Gasteiger partial charge in [-0.15, -0.1) is 0 Å². The molecule has 0 radical (unpaired) electrons. The minimum Gasteiger partial charge on any atom is -0.457 e. The predicted molar refractivity (Wildman–Crippen MR) is 120 cm³/mol. The topological polar surface area (TPSA) is 106 Å². The van der Waals surface area contributed by atoms with Crippen molar-refractivity contribution < 1.29 is 13.2 Å². The zero-order valence-corrected chi connectivity index (χ0v) is 17.2. The van der Waals surface area contributed by atoms with E-state index in [0.717, 1.165) is 11.3 Å². The summed E-state index contributed by atoms with van der Waals surface area (Å²) in [4.78, 5) is 4.10. The molecule has 0 aromatic heterocycles. The van der Waals surface area contributed by atoms with Crippen LogP contribution >= 0.6 is 0 Å². The van der Waals surface area contributed by atoms with Gasteiger partial charge in [-0.2, -0.15) is 0 Å². The number of para-hydroxylation sites is 1. The van der Waals surface area contributed by atoms with Gasteiger partial charge in [-0.05, 0) is 29.8 Å². The smallest absolute Gasteiger partial charge is 0.213 e. The number of hydrogen-bond donors (Lipinski definition) is 3. The largest absolute Gasteiger partial charge is 0.457 e. The quantitative estimate of drug-likeness (QED) is 0.361. The average molecular weight is 425 g/mol. The maximum atomic E-state index is 12.1. The summed E-state index contributed by atoms with van der Waals surface area (Å²) >= 11 is 0. The van der Waals surface area contributed by atoms with Gasteiger partial charge in [0.25, 0.3) is 0 Å². The van der Waals surface area contributed by atoms with Gasteiger partial charge in [0.2, 0.25) is 10.0 Å². The molecule has 0 aliphatic rings. The SMILES string of the molecule is NC(=NCCS(=O)(=O)NCc1ccccc1)Nc1cccc(Oc2ccccc2)c1. The van der Waals surface area contributed by atoms with Crippen LogP contribution in [-0.4, -0.2) is 26.7 Å². The summed E-state index contributed by atoms with van der Waals surface area (Å²) in [6.45, 7) is 0.290. The van der Waals surface area contributed by atoms with Gasteiger partial charge in [-0.1, -0.05) is 54.6 Å². The van der Waals surface area contributed by atoms with Crippen LogP contribution in [0.3, 0.4) is 0 Å². The molecule has 3 aromatic rings. The van der Waals surface area contributed by atoms with Crippen LogP contribution in [0.5, 0.6) is 11.5 Å².